The van der Waals surface area contributed by atoms with Crippen molar-refractivity contribution >= 4 is 24.1 Å². The first kappa shape index (κ1) is 11.0. The zero-order chi connectivity index (χ0) is 5.21. The van der Waals surface area contributed by atoms with Crippen LogP contribution >= 0.6 is 24.1 Å². The molecule has 0 unspecified atom stereocenters. The van der Waals surface area contributed by atoms with Crippen LogP contribution in [0.1, 0.15) is 0 Å². The molecular formula is H2BrO4PV. The Hall–Kier alpha value is 1.17. The summed E-state index contributed by atoms with van der Waals surface area (Å²) in [5, 5.41) is 0. The molecule has 43 valence electrons. The van der Waals surface area contributed by atoms with Crippen molar-refractivity contribution in [3.63, 3.8) is 0 Å². The zero-order valence-corrected chi connectivity index (χ0v) is 6.86. The maximum absolute atomic E-state index is 9.43. The fourth-order valence-corrected chi connectivity index (χ4v) is 0. The topological polar surface area (TPSA) is 66.8 Å². The molecule has 0 aromatic heterocycles. The molecule has 0 spiro atoms. The maximum atomic E-state index is 9.43. The predicted molar refractivity (Wildman–Crippen MR) is 22.1 cm³/mol. The molecule has 0 saturated heterocycles. The molecule has 0 aliphatic carbocycles. The summed E-state index contributed by atoms with van der Waals surface area (Å²) in [5.74, 6) is 0. The second kappa shape index (κ2) is 4.09. The van der Waals surface area contributed by atoms with Crippen LogP contribution in [-0.4, -0.2) is 9.79 Å². The van der Waals surface area contributed by atoms with Gasteiger partial charge in [0.15, 0.2) is 0 Å². The van der Waals surface area contributed by atoms with Crippen molar-refractivity contribution in [1.82, 2.24) is 0 Å². The molecule has 2 N–H and O–H groups in total. The van der Waals surface area contributed by atoms with Gasteiger partial charge in [-0.2, -0.15) is 0 Å². The Morgan fingerprint density at radius 1 is 1.57 bits per heavy atom. The smallest absolute Gasteiger partial charge is 0.302 e. The van der Waals surface area contributed by atoms with E-state index in [1.54, 1.807) is 0 Å². The number of phosphoric acid groups is 1. The molecular weight excluding hydrogens is 226 g/mol. The Balaban J connectivity index is 0. The van der Waals surface area contributed by atoms with E-state index in [2.05, 4.69) is 19.9 Å². The van der Waals surface area contributed by atoms with Gasteiger partial charge in [0.05, 0.1) is 0 Å². The normalized spacial score (nSPS) is 10.1. The number of hydrogen-bond acceptors (Lipinski definition) is 2. The standard InChI is InChI=1S/BrH2O4P.V/c1-5-6(2,3)4;/h(H2,2,3,4);. The van der Waals surface area contributed by atoms with Gasteiger partial charge in [0, 0.05) is 18.6 Å². The van der Waals surface area contributed by atoms with Crippen molar-refractivity contribution in [1.29, 1.82) is 0 Å². The molecule has 0 amide bonds. The van der Waals surface area contributed by atoms with Gasteiger partial charge < -0.3 is 9.79 Å². The molecule has 7 heteroatoms. The summed E-state index contributed by atoms with van der Waals surface area (Å²) < 4.78 is 12.8. The Morgan fingerprint density at radius 3 is 1.71 bits per heavy atom. The largest absolute Gasteiger partial charge is 0.480 e. The van der Waals surface area contributed by atoms with Gasteiger partial charge in [0.25, 0.3) is 0 Å². The summed E-state index contributed by atoms with van der Waals surface area (Å²) in [4.78, 5) is 15.3. The quantitative estimate of drug-likeness (QED) is 0.637. The van der Waals surface area contributed by atoms with Crippen LogP contribution in [0.15, 0.2) is 0 Å². The third kappa shape index (κ3) is 11.0. The van der Waals surface area contributed by atoms with E-state index in [0.29, 0.717) is 0 Å². The van der Waals surface area contributed by atoms with Crippen LogP contribution in [0.25, 0.3) is 0 Å². The van der Waals surface area contributed by atoms with Crippen LogP contribution in [0.3, 0.4) is 0 Å². The summed E-state index contributed by atoms with van der Waals surface area (Å²) >= 11 is 2.11. The molecule has 0 saturated carbocycles. The third-order valence-corrected chi connectivity index (χ3v) is 1.40. The molecule has 0 rings (SSSR count). The fourth-order valence-electron chi connectivity index (χ4n) is 0. The fraction of sp³-hybridized carbons (Fsp3) is 0. The first-order valence-electron chi connectivity index (χ1n) is 0.919. The van der Waals surface area contributed by atoms with E-state index >= 15 is 0 Å². The van der Waals surface area contributed by atoms with Crippen molar-refractivity contribution in [2.75, 3.05) is 0 Å². The van der Waals surface area contributed by atoms with E-state index < -0.39 is 7.82 Å². The molecule has 0 atom stereocenters. The van der Waals surface area contributed by atoms with Crippen molar-refractivity contribution in [3.8, 4) is 0 Å². The van der Waals surface area contributed by atoms with Gasteiger partial charge in [0.2, 0.25) is 0 Å². The molecule has 4 nitrogen and oxygen atoms in total. The molecule has 0 aromatic carbocycles. The summed E-state index contributed by atoms with van der Waals surface area (Å²) in [6.07, 6.45) is 0. The van der Waals surface area contributed by atoms with Crippen molar-refractivity contribution < 1.29 is 36.5 Å². The predicted octanol–water partition coefficient (Wildman–Crippen LogP) is 0.403. The second-order valence-electron chi connectivity index (χ2n) is 0.560. The Bertz CT molecular complexity index is 75.8. The van der Waals surface area contributed by atoms with Crippen LogP contribution in [0.2, 0.25) is 0 Å². The van der Waals surface area contributed by atoms with Crippen LogP contribution < -0.4 is 0 Å². The third-order valence-electron chi connectivity index (χ3n) is 0.0899. The Labute approximate surface area is 60.8 Å². The van der Waals surface area contributed by atoms with Gasteiger partial charge in [-0.3, -0.25) is 0 Å². The molecule has 0 aromatic rings. The van der Waals surface area contributed by atoms with Crippen LogP contribution in [0.5, 0.6) is 0 Å². The Kier molecular flexibility index (Phi) is 6.45. The van der Waals surface area contributed by atoms with Gasteiger partial charge in [-0.15, -0.1) is 0 Å². The van der Waals surface area contributed by atoms with Gasteiger partial charge in [-0.1, -0.05) is 0 Å². The van der Waals surface area contributed by atoms with Crippen molar-refractivity contribution in [3.05, 3.63) is 0 Å². The summed E-state index contributed by atoms with van der Waals surface area (Å²) in [6, 6.07) is 0. The van der Waals surface area contributed by atoms with Crippen molar-refractivity contribution in [2.24, 2.45) is 0 Å². The van der Waals surface area contributed by atoms with Gasteiger partial charge in [-0.05, 0) is 0 Å². The van der Waals surface area contributed by atoms with Gasteiger partial charge >= 0.3 is 7.82 Å². The summed E-state index contributed by atoms with van der Waals surface area (Å²) in [7, 11) is -4.23. The average Bonchev–Trinajstić information content (AvgIpc) is 1.35. The van der Waals surface area contributed by atoms with E-state index in [1.165, 1.54) is 0 Å². The number of halogens is 1. The van der Waals surface area contributed by atoms with Crippen molar-refractivity contribution in [2.45, 2.75) is 0 Å². The SMILES string of the molecule is O=P(O)(O)OBr.[V]. The van der Waals surface area contributed by atoms with Gasteiger partial charge in [0.1, 0.15) is 16.3 Å². The minimum Gasteiger partial charge on any atom is -0.302 e. The minimum atomic E-state index is -4.23. The van der Waals surface area contributed by atoms with E-state index in [9.17, 15) is 4.57 Å². The molecule has 0 bridgehead atoms. The zero-order valence-electron chi connectivity index (χ0n) is 2.98. The van der Waals surface area contributed by atoms with Crippen LogP contribution in [0.4, 0.5) is 0 Å². The first-order chi connectivity index (χ1) is 2.56. The van der Waals surface area contributed by atoms with Crippen LogP contribution in [0, 0.1) is 0 Å². The first-order valence-corrected chi connectivity index (χ1v) is 3.10. The van der Waals surface area contributed by atoms with Crippen LogP contribution in [-0.2, 0) is 26.7 Å². The number of rotatable bonds is 1. The molecule has 7 heavy (non-hydrogen) atoms. The molecule has 0 heterocycles. The van der Waals surface area contributed by atoms with E-state index in [-0.39, 0.29) is 18.6 Å². The summed E-state index contributed by atoms with van der Waals surface area (Å²) in [5.41, 5.74) is 0. The van der Waals surface area contributed by atoms with E-state index in [0.717, 1.165) is 0 Å². The summed E-state index contributed by atoms with van der Waals surface area (Å²) in [6.45, 7) is 0. The molecule has 1 radical (unpaired) electrons. The van der Waals surface area contributed by atoms with Gasteiger partial charge in [-0.25, -0.2) is 8.18 Å². The second-order valence-corrected chi connectivity index (χ2v) is 2.55. The molecule has 0 fully saturated rings. The average molecular weight is 228 g/mol. The van der Waals surface area contributed by atoms with E-state index in [4.69, 9.17) is 9.79 Å². The Morgan fingerprint density at radius 2 is 1.71 bits per heavy atom. The number of hydrogen-bond donors (Lipinski definition) is 2. The maximum Gasteiger partial charge on any atom is 0.480 e. The monoisotopic (exact) mass is 227 g/mol. The minimum absolute atomic E-state index is 0. The van der Waals surface area contributed by atoms with E-state index in [1.807, 2.05) is 0 Å². The molecule has 0 aliphatic rings. The molecule has 0 aliphatic heterocycles.